The number of likely N-dealkylation sites (tertiary alicyclic amines) is 1. The van der Waals surface area contributed by atoms with Crippen molar-refractivity contribution >= 4 is 34.1 Å². The Balaban J connectivity index is 1.31. The lowest BCUT2D eigenvalue weighted by molar-refractivity contribution is 0.102. The van der Waals surface area contributed by atoms with Gasteiger partial charge in [-0.3, -0.25) is 10.1 Å². The largest absolute Gasteiger partial charge is 0.493 e. The Morgan fingerprint density at radius 2 is 1.77 bits per heavy atom. The molecule has 1 aromatic heterocycles. The molecule has 0 saturated carbocycles. The zero-order chi connectivity index (χ0) is 28.5. The monoisotopic (exact) mass is 567 g/mol. The van der Waals surface area contributed by atoms with Gasteiger partial charge in [-0.2, -0.15) is 0 Å². The molecule has 1 aliphatic rings. The summed E-state index contributed by atoms with van der Waals surface area (Å²) in [5, 5.41) is 9.45. The van der Waals surface area contributed by atoms with E-state index in [1.807, 2.05) is 26.0 Å². The number of carbonyl (C=O) groups is 2. The minimum absolute atomic E-state index is 0.118. The first kappa shape index (κ1) is 29.2. The van der Waals surface area contributed by atoms with E-state index in [2.05, 4.69) is 32.9 Å². The number of benzene rings is 2. The number of ether oxygens (including phenoxy) is 3. The molecule has 0 bridgehead atoms. The molecule has 3 aromatic rings. The van der Waals surface area contributed by atoms with Crippen molar-refractivity contribution in [2.45, 2.75) is 51.7 Å². The van der Waals surface area contributed by atoms with E-state index in [1.54, 1.807) is 30.3 Å². The van der Waals surface area contributed by atoms with Crippen molar-refractivity contribution in [3.8, 4) is 22.3 Å². The number of nitrogens with zero attached hydrogens (tertiary/aromatic N) is 2. The Morgan fingerprint density at radius 3 is 2.45 bits per heavy atom. The van der Waals surface area contributed by atoms with Crippen LogP contribution in [0.2, 0.25) is 0 Å². The van der Waals surface area contributed by atoms with Crippen LogP contribution in [-0.4, -0.2) is 61.2 Å². The topological polar surface area (TPSA) is 114 Å². The number of aromatic nitrogens is 1. The van der Waals surface area contributed by atoms with Crippen LogP contribution in [0.1, 0.15) is 49.9 Å². The number of rotatable bonds is 11. The van der Waals surface area contributed by atoms with Crippen LogP contribution in [0.3, 0.4) is 0 Å². The second-order valence-corrected chi connectivity index (χ2v) is 10.7. The second-order valence-electron chi connectivity index (χ2n) is 9.66. The minimum atomic E-state index is -0.272. The number of hydrogen-bond acceptors (Lipinski definition) is 8. The van der Waals surface area contributed by atoms with Crippen LogP contribution in [-0.2, 0) is 0 Å². The Kier molecular flexibility index (Phi) is 10.2. The molecule has 1 fully saturated rings. The molecule has 10 nitrogen and oxygen atoms in total. The number of carbonyl (C=O) groups excluding carboxylic acids is 2. The summed E-state index contributed by atoms with van der Waals surface area (Å²) in [7, 11) is 3.64. The molecule has 40 heavy (non-hydrogen) atoms. The molecule has 3 amide bonds. The summed E-state index contributed by atoms with van der Waals surface area (Å²) in [6, 6.07) is 12.1. The molecular weight excluding hydrogens is 530 g/mol. The van der Waals surface area contributed by atoms with E-state index in [9.17, 15) is 9.59 Å². The molecule has 1 saturated heterocycles. The highest BCUT2D eigenvalue weighted by Gasteiger charge is 2.18. The van der Waals surface area contributed by atoms with Gasteiger partial charge in [-0.25, -0.2) is 9.78 Å². The minimum Gasteiger partial charge on any atom is -0.493 e. The van der Waals surface area contributed by atoms with E-state index in [0.29, 0.717) is 32.9 Å². The summed E-state index contributed by atoms with van der Waals surface area (Å²) >= 11 is 1.19. The predicted octanol–water partition coefficient (Wildman–Crippen LogP) is 5.98. The average molecular weight is 568 g/mol. The zero-order valence-corrected chi connectivity index (χ0v) is 24.2. The van der Waals surface area contributed by atoms with Crippen molar-refractivity contribution in [1.82, 2.24) is 15.2 Å². The zero-order valence-electron chi connectivity index (χ0n) is 23.4. The normalized spacial score (nSPS) is 14.0. The molecule has 0 aliphatic carbocycles. The van der Waals surface area contributed by atoms with Crippen LogP contribution in [0.5, 0.6) is 22.3 Å². The van der Waals surface area contributed by atoms with Crippen molar-refractivity contribution in [3.63, 3.8) is 0 Å². The van der Waals surface area contributed by atoms with Crippen molar-refractivity contribution < 1.29 is 23.8 Å². The van der Waals surface area contributed by atoms with Gasteiger partial charge in [0.15, 0.2) is 16.6 Å². The molecule has 0 atom stereocenters. The van der Waals surface area contributed by atoms with Gasteiger partial charge in [-0.05, 0) is 69.1 Å². The fourth-order valence-corrected chi connectivity index (χ4v) is 4.97. The maximum absolute atomic E-state index is 12.8. The van der Waals surface area contributed by atoms with Crippen molar-refractivity contribution in [1.29, 1.82) is 0 Å². The Morgan fingerprint density at radius 1 is 1.05 bits per heavy atom. The number of piperidine rings is 1. The first-order valence-electron chi connectivity index (χ1n) is 13.5. The summed E-state index contributed by atoms with van der Waals surface area (Å²) in [4.78, 5) is 31.6. The number of nitrogens with one attached hydrogen (secondary N) is 3. The third-order valence-corrected chi connectivity index (χ3v) is 7.53. The standard InChI is InChI=1S/C29H37N5O5S/c1-5-20(6-2)31-28(36)32-21-9-12-24(25(17-21)37-4)39-26-18-30-29(40-26)33-27(35)19-7-10-22(11-8-19)38-23-13-15-34(3)16-14-23/h7-12,17-18,20,23H,5-6,13-16H2,1-4H3,(H,30,33,35)(H2,31,32,36). The van der Waals surface area contributed by atoms with Gasteiger partial charge in [-0.1, -0.05) is 25.2 Å². The van der Waals surface area contributed by atoms with Crippen LogP contribution in [0.25, 0.3) is 0 Å². The molecule has 3 N–H and O–H groups in total. The van der Waals surface area contributed by atoms with E-state index in [4.69, 9.17) is 14.2 Å². The smallest absolute Gasteiger partial charge is 0.319 e. The highest BCUT2D eigenvalue weighted by molar-refractivity contribution is 7.17. The first-order chi connectivity index (χ1) is 19.4. The van der Waals surface area contributed by atoms with Gasteiger partial charge in [0.1, 0.15) is 11.9 Å². The van der Waals surface area contributed by atoms with Crippen molar-refractivity contribution in [3.05, 3.63) is 54.2 Å². The maximum atomic E-state index is 12.8. The highest BCUT2D eigenvalue weighted by atomic mass is 32.1. The average Bonchev–Trinajstić information content (AvgIpc) is 3.40. The highest BCUT2D eigenvalue weighted by Crippen LogP contribution is 2.37. The third kappa shape index (κ3) is 8.09. The van der Waals surface area contributed by atoms with E-state index < -0.39 is 0 Å². The number of anilines is 2. The Labute approximate surface area is 239 Å². The number of hydrogen-bond donors (Lipinski definition) is 3. The predicted molar refractivity (Wildman–Crippen MR) is 157 cm³/mol. The second kappa shape index (κ2) is 14.0. The lowest BCUT2D eigenvalue weighted by atomic mass is 10.1. The Hall–Kier alpha value is -3.83. The summed E-state index contributed by atoms with van der Waals surface area (Å²) < 4.78 is 17.5. The lowest BCUT2D eigenvalue weighted by Gasteiger charge is -2.29. The van der Waals surface area contributed by atoms with Gasteiger partial charge in [0, 0.05) is 36.4 Å². The fraction of sp³-hybridized carbons (Fsp3) is 0.414. The van der Waals surface area contributed by atoms with Gasteiger partial charge in [0.05, 0.1) is 13.3 Å². The van der Waals surface area contributed by atoms with E-state index >= 15 is 0 Å². The van der Waals surface area contributed by atoms with Gasteiger partial charge in [0.25, 0.3) is 5.91 Å². The molecule has 4 rings (SSSR count). The molecule has 2 heterocycles. The summed E-state index contributed by atoms with van der Waals surface area (Å²) in [6.07, 6.45) is 5.45. The van der Waals surface area contributed by atoms with E-state index in [1.165, 1.54) is 24.6 Å². The molecule has 0 unspecified atom stereocenters. The van der Waals surface area contributed by atoms with Gasteiger partial charge >= 0.3 is 6.03 Å². The van der Waals surface area contributed by atoms with Crippen LogP contribution in [0.15, 0.2) is 48.7 Å². The van der Waals surface area contributed by atoms with Gasteiger partial charge in [0.2, 0.25) is 5.06 Å². The number of urea groups is 1. The van der Waals surface area contributed by atoms with Crippen molar-refractivity contribution in [2.24, 2.45) is 0 Å². The van der Waals surface area contributed by atoms with E-state index in [0.717, 1.165) is 44.5 Å². The van der Waals surface area contributed by atoms with Gasteiger partial charge in [-0.15, -0.1) is 0 Å². The van der Waals surface area contributed by atoms with E-state index in [-0.39, 0.29) is 24.1 Å². The molecule has 214 valence electrons. The third-order valence-electron chi connectivity index (χ3n) is 6.74. The van der Waals surface area contributed by atoms with Crippen molar-refractivity contribution in [2.75, 3.05) is 37.9 Å². The number of thiazole rings is 1. The van der Waals surface area contributed by atoms with Crippen LogP contribution in [0, 0.1) is 0 Å². The number of methoxy groups -OCH3 is 1. The maximum Gasteiger partial charge on any atom is 0.319 e. The summed E-state index contributed by atoms with van der Waals surface area (Å²) in [6.45, 7) is 6.11. The summed E-state index contributed by atoms with van der Waals surface area (Å²) in [5.74, 6) is 1.39. The van der Waals surface area contributed by atoms with Crippen LogP contribution in [0.4, 0.5) is 15.6 Å². The Bertz CT molecular complexity index is 1270. The molecule has 0 spiro atoms. The SMILES string of the molecule is CCC(CC)NC(=O)Nc1ccc(Oc2cnc(NC(=O)c3ccc(OC4CCN(C)CC4)cc3)s2)c(OC)c1. The van der Waals surface area contributed by atoms with Crippen LogP contribution >= 0.6 is 11.3 Å². The molecular formula is C29H37N5O5S. The van der Waals surface area contributed by atoms with Gasteiger partial charge < -0.3 is 29.7 Å². The number of amides is 3. The molecule has 1 aliphatic heterocycles. The quantitative estimate of drug-likeness (QED) is 0.261. The lowest BCUT2D eigenvalue weighted by Crippen LogP contribution is -2.37. The summed E-state index contributed by atoms with van der Waals surface area (Å²) in [5.41, 5.74) is 1.08. The molecule has 2 aromatic carbocycles. The fourth-order valence-electron chi connectivity index (χ4n) is 4.30. The molecule has 11 heteroatoms. The molecule has 0 radical (unpaired) electrons. The first-order valence-corrected chi connectivity index (χ1v) is 14.3. The van der Waals surface area contributed by atoms with Crippen LogP contribution < -0.4 is 30.2 Å².